The Morgan fingerprint density at radius 1 is 0.889 bits per heavy atom. The molecule has 0 saturated carbocycles. The number of methoxy groups -OCH3 is 1. The van der Waals surface area contributed by atoms with Gasteiger partial charge in [0.15, 0.2) is 0 Å². The number of hydrogen-bond acceptors (Lipinski definition) is 10. The van der Waals surface area contributed by atoms with E-state index >= 15 is 0 Å². The molecule has 6 amide bonds. The Morgan fingerprint density at radius 3 is 2.32 bits per heavy atom. The van der Waals surface area contributed by atoms with Gasteiger partial charge in [-0.1, -0.05) is 36.4 Å². The van der Waals surface area contributed by atoms with Crippen LogP contribution in [0.5, 0.6) is 0 Å². The molecule has 0 spiro atoms. The number of allylic oxidation sites excluding steroid dienone is 1. The maximum absolute atomic E-state index is 14.1. The first-order valence-corrected chi connectivity index (χ1v) is 20.4. The molecule has 4 aromatic rings. The largest absolute Gasteiger partial charge is 0.478 e. The van der Waals surface area contributed by atoms with Crippen molar-refractivity contribution in [3.63, 3.8) is 0 Å². The van der Waals surface area contributed by atoms with E-state index in [1.165, 1.54) is 65.6 Å². The van der Waals surface area contributed by atoms with Crippen molar-refractivity contribution >= 4 is 64.0 Å². The molecule has 7 N–H and O–H groups in total. The van der Waals surface area contributed by atoms with Gasteiger partial charge in [0.05, 0.1) is 18.2 Å². The second kappa shape index (κ2) is 20.3. The third-order valence-electron chi connectivity index (χ3n) is 11.1. The third kappa shape index (κ3) is 10.7. The van der Waals surface area contributed by atoms with Crippen LogP contribution in [0, 0.1) is 0 Å². The van der Waals surface area contributed by atoms with E-state index in [4.69, 9.17) is 5.73 Å². The number of aromatic nitrogens is 2. The summed E-state index contributed by atoms with van der Waals surface area (Å²) < 4.78 is 5.64. The van der Waals surface area contributed by atoms with E-state index in [0.29, 0.717) is 25.8 Å². The molecule has 0 radical (unpaired) electrons. The number of anilines is 1. The summed E-state index contributed by atoms with van der Waals surface area (Å²) in [6, 6.07) is 11.4. The van der Waals surface area contributed by atoms with Gasteiger partial charge in [-0.15, -0.1) is 0 Å². The SMILES string of the molecule is COC(=O)/C=C/CC[C@H](NC(=O)c1ccccc1C(=O)O)C(=O)Nc1cccn(CC(=O)N2CCC[C@H]2C(=O)N[C@@H](Cc2c[nH]c3ccccc23)C(=O)N2CCC[C@H]2C(N)=O)c1=O. The fourth-order valence-corrected chi connectivity index (χ4v) is 7.95. The van der Waals surface area contributed by atoms with Crippen molar-refractivity contribution < 1.29 is 48.2 Å². The Bertz CT molecular complexity index is 2510. The molecule has 0 aliphatic carbocycles. The lowest BCUT2D eigenvalue weighted by Crippen LogP contribution is -2.56. The number of carbonyl (C=O) groups is 8. The molecule has 2 aliphatic heterocycles. The van der Waals surface area contributed by atoms with E-state index in [-0.39, 0.29) is 49.0 Å². The number of carboxylic acid groups (broad SMARTS) is 1. The highest BCUT2D eigenvalue weighted by atomic mass is 16.5. The predicted molar refractivity (Wildman–Crippen MR) is 227 cm³/mol. The van der Waals surface area contributed by atoms with Gasteiger partial charge in [0.1, 0.15) is 36.4 Å². The van der Waals surface area contributed by atoms with Crippen LogP contribution < -0.4 is 27.2 Å². The van der Waals surface area contributed by atoms with Crippen LogP contribution in [0.2, 0.25) is 0 Å². The molecule has 63 heavy (non-hydrogen) atoms. The van der Waals surface area contributed by atoms with Crippen LogP contribution in [0.3, 0.4) is 0 Å². The number of para-hydroxylation sites is 1. The number of carbonyl (C=O) groups excluding carboxylic acids is 7. The highest BCUT2D eigenvalue weighted by molar-refractivity contribution is 6.07. The lowest BCUT2D eigenvalue weighted by Gasteiger charge is -2.30. The molecule has 19 heteroatoms. The molecule has 330 valence electrons. The third-order valence-corrected chi connectivity index (χ3v) is 11.1. The number of nitrogens with zero attached hydrogens (tertiary/aromatic N) is 3. The number of H-pyrrole nitrogens is 1. The number of esters is 1. The Morgan fingerprint density at radius 2 is 1.59 bits per heavy atom. The number of pyridine rings is 1. The number of fused-ring (bicyclic) bond motifs is 1. The molecule has 19 nitrogen and oxygen atoms in total. The minimum absolute atomic E-state index is 0.0732. The van der Waals surface area contributed by atoms with Crippen molar-refractivity contribution in [1.29, 1.82) is 0 Å². The number of nitrogens with one attached hydrogen (secondary N) is 4. The summed E-state index contributed by atoms with van der Waals surface area (Å²) in [4.78, 5) is 124. The monoisotopic (exact) mass is 864 g/mol. The molecule has 4 atom stereocenters. The maximum Gasteiger partial charge on any atom is 0.336 e. The molecule has 2 saturated heterocycles. The number of carboxylic acids is 1. The first-order chi connectivity index (χ1) is 30.3. The van der Waals surface area contributed by atoms with E-state index in [1.807, 2.05) is 24.3 Å². The zero-order chi connectivity index (χ0) is 45.2. The number of benzene rings is 2. The fraction of sp³-hybridized carbons (Fsp3) is 0.341. The number of nitrogens with two attached hydrogens (primary N) is 1. The Labute approximate surface area is 360 Å². The van der Waals surface area contributed by atoms with Gasteiger partial charge in [-0.25, -0.2) is 9.59 Å². The lowest BCUT2D eigenvalue weighted by atomic mass is 10.0. The van der Waals surface area contributed by atoms with Crippen molar-refractivity contribution in [1.82, 2.24) is 30.0 Å². The summed E-state index contributed by atoms with van der Waals surface area (Å²) in [6.07, 6.45) is 7.48. The summed E-state index contributed by atoms with van der Waals surface area (Å²) >= 11 is 0. The van der Waals surface area contributed by atoms with Gasteiger partial charge in [-0.05, 0) is 74.4 Å². The Hall–Kier alpha value is -7.57. The highest BCUT2D eigenvalue weighted by Crippen LogP contribution is 2.24. The number of amides is 6. The minimum Gasteiger partial charge on any atom is -0.478 e. The van der Waals surface area contributed by atoms with Crippen molar-refractivity contribution in [2.45, 2.75) is 75.7 Å². The molecular formula is C44H48N8O11. The summed E-state index contributed by atoms with van der Waals surface area (Å²) in [7, 11) is 1.19. The van der Waals surface area contributed by atoms with Crippen LogP contribution in [0.4, 0.5) is 5.69 Å². The maximum atomic E-state index is 14.1. The van der Waals surface area contributed by atoms with E-state index in [1.54, 1.807) is 6.20 Å². The number of hydrogen-bond donors (Lipinski definition) is 6. The van der Waals surface area contributed by atoms with Crippen molar-refractivity contribution in [3.05, 3.63) is 112 Å². The number of rotatable bonds is 17. The molecule has 2 fully saturated rings. The van der Waals surface area contributed by atoms with E-state index in [0.717, 1.165) is 27.1 Å². The van der Waals surface area contributed by atoms with E-state index in [9.17, 15) is 48.3 Å². The number of aromatic amines is 1. The second-order valence-electron chi connectivity index (χ2n) is 15.2. The second-order valence-corrected chi connectivity index (χ2v) is 15.2. The zero-order valence-corrected chi connectivity index (χ0v) is 34.4. The number of aromatic carboxylic acids is 1. The van der Waals surface area contributed by atoms with Gasteiger partial charge in [0.2, 0.25) is 29.5 Å². The van der Waals surface area contributed by atoms with Crippen LogP contribution in [0.15, 0.2) is 90.0 Å². The Kier molecular flexibility index (Phi) is 14.5. The molecule has 4 heterocycles. The van der Waals surface area contributed by atoms with E-state index in [2.05, 4.69) is 25.7 Å². The molecule has 2 aromatic carbocycles. The number of likely N-dealkylation sites (tertiary alicyclic amines) is 2. The molecule has 2 aliphatic rings. The average molecular weight is 865 g/mol. The minimum atomic E-state index is -1.36. The molecule has 2 aromatic heterocycles. The highest BCUT2D eigenvalue weighted by Gasteiger charge is 2.40. The standard InChI is InChI=1S/C44H48N8O11/c1-63-37(54)19-7-6-15-31(47-39(56)28-12-2-3-13-29(28)44(61)62)40(57)48-32-16-8-20-50(42(32)59)25-36(53)51-21-10-18-35(51)41(58)49-33(43(60)52-22-9-17-34(52)38(45)55)23-26-24-46-30-14-5-4-11-27(26)30/h2-5,7-8,11-14,16,19-20,24,31,33-35,46H,6,9-10,15,17-18,21-23,25H2,1H3,(H2,45,55)(H,47,56)(H,48,57)(H,49,58)(H,61,62)/b19-7+/t31-,33-,34-,35-/m0/s1. The van der Waals surface area contributed by atoms with Gasteiger partial charge in [0, 0.05) is 48.9 Å². The quantitative estimate of drug-likeness (QED) is 0.0654. The molecule has 0 bridgehead atoms. The zero-order valence-electron chi connectivity index (χ0n) is 34.4. The molecule has 6 rings (SSSR count). The van der Waals surface area contributed by atoms with Gasteiger partial charge in [-0.2, -0.15) is 0 Å². The first-order valence-electron chi connectivity index (χ1n) is 20.4. The van der Waals surface area contributed by atoms with Gasteiger partial charge >= 0.3 is 11.9 Å². The summed E-state index contributed by atoms with van der Waals surface area (Å²) in [5.74, 6) is -5.98. The molecular weight excluding hydrogens is 817 g/mol. The summed E-state index contributed by atoms with van der Waals surface area (Å²) in [6.45, 7) is -0.0294. The fourth-order valence-electron chi connectivity index (χ4n) is 7.95. The van der Waals surface area contributed by atoms with Gasteiger partial charge in [0.25, 0.3) is 11.5 Å². The smallest absolute Gasteiger partial charge is 0.336 e. The normalized spacial score (nSPS) is 17.0. The summed E-state index contributed by atoms with van der Waals surface area (Å²) in [5, 5.41) is 18.3. The summed E-state index contributed by atoms with van der Waals surface area (Å²) in [5.41, 5.74) is 5.71. The van der Waals surface area contributed by atoms with Crippen LogP contribution in [-0.2, 0) is 46.5 Å². The average Bonchev–Trinajstić information content (AvgIpc) is 4.06. The van der Waals surface area contributed by atoms with Crippen molar-refractivity contribution in [3.8, 4) is 0 Å². The van der Waals surface area contributed by atoms with Crippen LogP contribution in [-0.4, -0.2) is 116 Å². The number of primary amides is 1. The van der Waals surface area contributed by atoms with Crippen molar-refractivity contribution in [2.75, 3.05) is 25.5 Å². The molecule has 0 unspecified atom stereocenters. The van der Waals surface area contributed by atoms with Crippen LogP contribution in [0.25, 0.3) is 10.9 Å². The topological polar surface area (TPSA) is 272 Å². The number of ether oxygens (including phenoxy) is 1. The van der Waals surface area contributed by atoms with Gasteiger partial charge < -0.3 is 50.9 Å². The van der Waals surface area contributed by atoms with E-state index < -0.39 is 83.7 Å². The van der Waals surface area contributed by atoms with Crippen LogP contribution >= 0.6 is 0 Å². The lowest BCUT2D eigenvalue weighted by molar-refractivity contribution is -0.143. The first kappa shape index (κ1) is 45.0. The van der Waals surface area contributed by atoms with Crippen LogP contribution in [0.1, 0.15) is 64.8 Å². The predicted octanol–water partition coefficient (Wildman–Crippen LogP) is 1.47. The van der Waals surface area contributed by atoms with Crippen molar-refractivity contribution in [2.24, 2.45) is 5.73 Å². The van der Waals surface area contributed by atoms with Gasteiger partial charge in [-0.3, -0.25) is 33.6 Å². The Balaban J connectivity index is 1.16.